The van der Waals surface area contributed by atoms with E-state index in [0.717, 1.165) is 54.0 Å². The van der Waals surface area contributed by atoms with Crippen molar-refractivity contribution in [3.63, 3.8) is 0 Å². The number of hydrogen-bond donors (Lipinski definition) is 0. The van der Waals surface area contributed by atoms with Crippen LogP contribution in [0.3, 0.4) is 0 Å². The monoisotopic (exact) mass is 557 g/mol. The fourth-order valence-corrected chi connectivity index (χ4v) is 6.71. The minimum Gasteiger partial charge on any atom is -0.481 e. The van der Waals surface area contributed by atoms with E-state index in [4.69, 9.17) is 19.2 Å². The molecular formula is C38H39NO3. The van der Waals surface area contributed by atoms with Gasteiger partial charge in [0.1, 0.15) is 12.2 Å². The Hall–Kier alpha value is -3.73. The van der Waals surface area contributed by atoms with Crippen molar-refractivity contribution in [3.8, 4) is 5.88 Å². The SMILES string of the molecule is CCc1ccc(/C(=C/[C@H]2CCC3(C2)O[C@H](c2ccccc2)[C@@H](c2ccccc2)O3)c2ccc(C3CC3)c(OC)n2)cc1. The third kappa shape index (κ3) is 5.42. The Morgan fingerprint density at radius 1 is 0.833 bits per heavy atom. The number of methoxy groups -OCH3 is 1. The summed E-state index contributed by atoms with van der Waals surface area (Å²) in [6, 6.07) is 34.4. The number of rotatable bonds is 8. The molecule has 1 aromatic heterocycles. The molecule has 3 aliphatic rings. The minimum absolute atomic E-state index is 0.140. The summed E-state index contributed by atoms with van der Waals surface area (Å²) >= 11 is 0. The van der Waals surface area contributed by atoms with Gasteiger partial charge >= 0.3 is 0 Å². The molecule has 0 N–H and O–H groups in total. The molecule has 2 saturated carbocycles. The molecule has 1 saturated heterocycles. The van der Waals surface area contributed by atoms with Crippen molar-refractivity contribution in [2.24, 2.45) is 5.92 Å². The van der Waals surface area contributed by atoms with E-state index in [1.54, 1.807) is 7.11 Å². The molecule has 4 aromatic rings. The van der Waals surface area contributed by atoms with Crippen LogP contribution in [0.25, 0.3) is 5.57 Å². The fraction of sp³-hybridized carbons (Fsp3) is 0.342. The summed E-state index contributed by atoms with van der Waals surface area (Å²) in [5, 5.41) is 0. The molecule has 3 atom stereocenters. The van der Waals surface area contributed by atoms with Gasteiger partial charge in [0.2, 0.25) is 5.88 Å². The van der Waals surface area contributed by atoms with Gasteiger partial charge in [-0.3, -0.25) is 0 Å². The first kappa shape index (κ1) is 27.1. The Bertz CT molecular complexity index is 1500. The molecule has 0 radical (unpaired) electrons. The lowest BCUT2D eigenvalue weighted by atomic mass is 9.94. The van der Waals surface area contributed by atoms with Gasteiger partial charge in [-0.15, -0.1) is 0 Å². The van der Waals surface area contributed by atoms with E-state index in [0.29, 0.717) is 11.8 Å². The highest BCUT2D eigenvalue weighted by atomic mass is 16.8. The highest BCUT2D eigenvalue weighted by Gasteiger charge is 2.52. The van der Waals surface area contributed by atoms with Gasteiger partial charge in [0.05, 0.1) is 12.8 Å². The first-order valence-corrected chi connectivity index (χ1v) is 15.5. The second kappa shape index (κ2) is 11.5. The van der Waals surface area contributed by atoms with Gasteiger partial charge in [0, 0.05) is 24.0 Å². The van der Waals surface area contributed by atoms with Crippen LogP contribution in [-0.4, -0.2) is 17.9 Å². The molecule has 7 rings (SSSR count). The highest BCUT2D eigenvalue weighted by molar-refractivity contribution is 5.78. The van der Waals surface area contributed by atoms with Gasteiger partial charge in [0.15, 0.2) is 5.79 Å². The van der Waals surface area contributed by atoms with Gasteiger partial charge in [-0.1, -0.05) is 104 Å². The lowest BCUT2D eigenvalue weighted by Gasteiger charge is -2.23. The summed E-state index contributed by atoms with van der Waals surface area (Å²) in [6.45, 7) is 2.19. The van der Waals surface area contributed by atoms with Gasteiger partial charge in [-0.25, -0.2) is 4.98 Å². The molecule has 42 heavy (non-hydrogen) atoms. The van der Waals surface area contributed by atoms with Crippen LogP contribution < -0.4 is 4.74 Å². The highest BCUT2D eigenvalue weighted by Crippen LogP contribution is 2.54. The number of aryl methyl sites for hydroxylation is 1. The zero-order chi connectivity index (χ0) is 28.5. The summed E-state index contributed by atoms with van der Waals surface area (Å²) in [5.41, 5.74) is 8.17. The van der Waals surface area contributed by atoms with Crippen molar-refractivity contribution >= 4 is 5.57 Å². The molecule has 0 bridgehead atoms. The quantitative estimate of drug-likeness (QED) is 0.217. The third-order valence-corrected chi connectivity index (χ3v) is 9.14. The third-order valence-electron chi connectivity index (χ3n) is 9.14. The smallest absolute Gasteiger partial charge is 0.217 e. The molecule has 1 spiro atoms. The van der Waals surface area contributed by atoms with Gasteiger partial charge < -0.3 is 14.2 Å². The average molecular weight is 558 g/mol. The lowest BCUT2D eigenvalue weighted by molar-refractivity contribution is -0.171. The number of nitrogens with zero attached hydrogens (tertiary/aromatic N) is 1. The maximum atomic E-state index is 6.91. The Morgan fingerprint density at radius 2 is 1.48 bits per heavy atom. The molecule has 2 aliphatic carbocycles. The summed E-state index contributed by atoms with van der Waals surface area (Å²) < 4.78 is 19.6. The Balaban J connectivity index is 1.21. The number of aromatic nitrogens is 1. The predicted molar refractivity (Wildman–Crippen MR) is 166 cm³/mol. The van der Waals surface area contributed by atoms with Crippen LogP contribution in [0.4, 0.5) is 0 Å². The van der Waals surface area contributed by atoms with Crippen molar-refractivity contribution in [2.45, 2.75) is 69.4 Å². The van der Waals surface area contributed by atoms with Crippen molar-refractivity contribution in [3.05, 3.63) is 137 Å². The fourth-order valence-electron chi connectivity index (χ4n) is 6.71. The molecule has 4 heteroatoms. The zero-order valence-electron chi connectivity index (χ0n) is 24.5. The standard InChI is InChI=1S/C38H39NO3/c1-3-26-14-16-29(17-15-26)33(34-21-20-32(28-18-19-28)37(39-34)40-2)24-27-22-23-38(25-27)41-35(30-10-6-4-7-11-30)36(42-38)31-12-8-5-9-13-31/h4-17,20-21,24,27-28,35-36H,3,18-19,22-23,25H2,1-2H3/b33-24-/t27-,35-,36-/m1/s1. The Labute approximate surface area is 249 Å². The van der Waals surface area contributed by atoms with Crippen LogP contribution >= 0.6 is 0 Å². The zero-order valence-corrected chi connectivity index (χ0v) is 24.5. The summed E-state index contributed by atoms with van der Waals surface area (Å²) in [5.74, 6) is 1.03. The van der Waals surface area contributed by atoms with Crippen LogP contribution in [0.5, 0.6) is 5.88 Å². The van der Waals surface area contributed by atoms with E-state index in [2.05, 4.69) is 110 Å². The Morgan fingerprint density at radius 3 is 2.05 bits per heavy atom. The van der Waals surface area contributed by atoms with Crippen LogP contribution in [0.15, 0.2) is 103 Å². The maximum Gasteiger partial charge on any atom is 0.217 e. The van der Waals surface area contributed by atoms with E-state index in [1.165, 1.54) is 29.5 Å². The lowest BCUT2D eigenvalue weighted by Crippen LogP contribution is -2.26. The van der Waals surface area contributed by atoms with Gasteiger partial charge in [-0.05, 0) is 65.8 Å². The minimum atomic E-state index is -0.611. The molecule has 4 nitrogen and oxygen atoms in total. The molecule has 214 valence electrons. The van der Waals surface area contributed by atoms with E-state index in [1.807, 2.05) is 0 Å². The van der Waals surface area contributed by atoms with Crippen molar-refractivity contribution < 1.29 is 14.2 Å². The number of pyridine rings is 1. The average Bonchev–Trinajstić information content (AvgIpc) is 3.73. The number of hydrogen-bond acceptors (Lipinski definition) is 4. The number of ether oxygens (including phenoxy) is 3. The van der Waals surface area contributed by atoms with Crippen molar-refractivity contribution in [2.75, 3.05) is 7.11 Å². The van der Waals surface area contributed by atoms with Crippen LogP contribution in [0, 0.1) is 5.92 Å². The second-order valence-corrected chi connectivity index (χ2v) is 12.0. The molecule has 0 unspecified atom stereocenters. The van der Waals surface area contributed by atoms with Crippen molar-refractivity contribution in [1.29, 1.82) is 0 Å². The van der Waals surface area contributed by atoms with E-state index in [-0.39, 0.29) is 12.2 Å². The molecular weight excluding hydrogens is 518 g/mol. The molecule has 1 aliphatic heterocycles. The largest absolute Gasteiger partial charge is 0.481 e. The summed E-state index contributed by atoms with van der Waals surface area (Å²) in [7, 11) is 1.74. The topological polar surface area (TPSA) is 40.6 Å². The van der Waals surface area contributed by atoms with Crippen LogP contribution in [-0.2, 0) is 15.9 Å². The predicted octanol–water partition coefficient (Wildman–Crippen LogP) is 8.99. The normalized spacial score (nSPS) is 23.4. The van der Waals surface area contributed by atoms with Crippen molar-refractivity contribution in [1.82, 2.24) is 4.98 Å². The van der Waals surface area contributed by atoms with Gasteiger partial charge in [-0.2, -0.15) is 0 Å². The first-order chi connectivity index (χ1) is 20.6. The molecule has 2 heterocycles. The number of allylic oxidation sites excluding steroid dienone is 1. The molecule has 0 amide bonds. The van der Waals surface area contributed by atoms with Crippen LogP contribution in [0.2, 0.25) is 0 Å². The second-order valence-electron chi connectivity index (χ2n) is 12.0. The Kier molecular flexibility index (Phi) is 7.43. The molecule has 3 fully saturated rings. The molecule has 3 aromatic carbocycles. The van der Waals surface area contributed by atoms with E-state index >= 15 is 0 Å². The van der Waals surface area contributed by atoms with Crippen LogP contribution in [0.1, 0.15) is 90.7 Å². The van der Waals surface area contributed by atoms with E-state index < -0.39 is 5.79 Å². The summed E-state index contributed by atoms with van der Waals surface area (Å²) in [4.78, 5) is 5.05. The first-order valence-electron chi connectivity index (χ1n) is 15.5. The van der Waals surface area contributed by atoms with E-state index in [9.17, 15) is 0 Å². The number of benzene rings is 3. The maximum absolute atomic E-state index is 6.91. The summed E-state index contributed by atoms with van der Waals surface area (Å²) in [6.07, 6.45) is 8.26. The van der Waals surface area contributed by atoms with Gasteiger partial charge in [0.25, 0.3) is 0 Å².